The predicted molar refractivity (Wildman–Crippen MR) is 87.8 cm³/mol. The fourth-order valence-corrected chi connectivity index (χ4v) is 4.22. The van der Waals surface area contributed by atoms with E-state index in [-0.39, 0.29) is 30.5 Å². The molecule has 0 radical (unpaired) electrons. The van der Waals surface area contributed by atoms with Crippen LogP contribution < -0.4 is 0 Å². The highest BCUT2D eigenvalue weighted by Crippen LogP contribution is 2.46. The molecule has 2 fully saturated rings. The largest absolute Gasteiger partial charge is 0.469 e. The number of piperidine rings is 1. The van der Waals surface area contributed by atoms with Gasteiger partial charge in [0.15, 0.2) is 0 Å². The van der Waals surface area contributed by atoms with Crippen LogP contribution in [0.3, 0.4) is 0 Å². The lowest BCUT2D eigenvalue weighted by molar-refractivity contribution is -0.150. The third-order valence-electron chi connectivity index (χ3n) is 5.39. The Labute approximate surface area is 137 Å². The number of hydrogen-bond donors (Lipinski definition) is 1. The van der Waals surface area contributed by atoms with Gasteiger partial charge < -0.3 is 9.84 Å². The number of rotatable bonds is 2. The van der Waals surface area contributed by atoms with E-state index in [2.05, 4.69) is 35.9 Å². The fraction of sp³-hybridized carbons (Fsp3) is 0.526. The molecular formula is C19H23NO3. The van der Waals surface area contributed by atoms with Crippen molar-refractivity contribution in [2.24, 2.45) is 5.92 Å². The molecule has 23 heavy (non-hydrogen) atoms. The lowest BCUT2D eigenvalue weighted by Gasteiger charge is -2.41. The molecule has 2 aliphatic rings. The minimum atomic E-state index is -0.134. The van der Waals surface area contributed by atoms with E-state index in [0.29, 0.717) is 6.04 Å². The summed E-state index contributed by atoms with van der Waals surface area (Å²) in [6.07, 6.45) is 3.22. The Kier molecular flexibility index (Phi) is 4.70. The molecule has 4 heteroatoms. The van der Waals surface area contributed by atoms with Crippen LogP contribution in [0.25, 0.3) is 0 Å². The maximum Gasteiger partial charge on any atom is 0.310 e. The summed E-state index contributed by atoms with van der Waals surface area (Å²) in [5.41, 5.74) is 2.06. The number of esters is 1. The topological polar surface area (TPSA) is 49.8 Å². The van der Waals surface area contributed by atoms with Crippen molar-refractivity contribution in [1.29, 1.82) is 0 Å². The van der Waals surface area contributed by atoms with E-state index >= 15 is 0 Å². The first-order valence-electron chi connectivity index (χ1n) is 8.15. The smallest absolute Gasteiger partial charge is 0.310 e. The Balaban J connectivity index is 1.89. The van der Waals surface area contributed by atoms with Crippen molar-refractivity contribution in [3.63, 3.8) is 0 Å². The zero-order chi connectivity index (χ0) is 16.4. The first kappa shape index (κ1) is 16.0. The first-order valence-corrected chi connectivity index (χ1v) is 8.15. The lowest BCUT2D eigenvalue weighted by Crippen LogP contribution is -2.49. The van der Waals surface area contributed by atoms with Crippen LogP contribution in [0.15, 0.2) is 24.3 Å². The number of carbonyl (C=O) groups excluding carboxylic acids is 1. The van der Waals surface area contributed by atoms with E-state index in [1.807, 2.05) is 12.1 Å². The number of benzene rings is 1. The summed E-state index contributed by atoms with van der Waals surface area (Å²) in [5, 5.41) is 8.77. The van der Waals surface area contributed by atoms with Crippen molar-refractivity contribution in [3.8, 4) is 11.8 Å². The van der Waals surface area contributed by atoms with E-state index in [1.54, 1.807) is 0 Å². The Morgan fingerprint density at radius 1 is 1.35 bits per heavy atom. The van der Waals surface area contributed by atoms with Gasteiger partial charge in [-0.05, 0) is 44.0 Å². The zero-order valence-corrected chi connectivity index (χ0v) is 13.7. The average Bonchev–Trinajstić information content (AvgIpc) is 2.82. The molecular weight excluding hydrogens is 290 g/mol. The van der Waals surface area contributed by atoms with Gasteiger partial charge in [0, 0.05) is 23.6 Å². The minimum Gasteiger partial charge on any atom is -0.469 e. The van der Waals surface area contributed by atoms with E-state index < -0.39 is 0 Å². The van der Waals surface area contributed by atoms with Gasteiger partial charge in [0.2, 0.25) is 0 Å². The number of nitrogens with zero attached hydrogens (tertiary/aromatic N) is 1. The predicted octanol–water partition coefficient (Wildman–Crippen LogP) is 1.77. The Hall–Kier alpha value is -1.83. The Morgan fingerprint density at radius 2 is 2.09 bits per heavy atom. The van der Waals surface area contributed by atoms with Gasteiger partial charge in [-0.25, -0.2) is 0 Å². The maximum atomic E-state index is 12.4. The number of hydrogen-bond acceptors (Lipinski definition) is 4. The highest BCUT2D eigenvalue weighted by molar-refractivity contribution is 5.75. The van der Waals surface area contributed by atoms with Crippen LogP contribution in [-0.4, -0.2) is 48.8 Å². The van der Waals surface area contributed by atoms with Gasteiger partial charge in [-0.2, -0.15) is 0 Å². The molecule has 0 saturated carbocycles. The van der Waals surface area contributed by atoms with Gasteiger partial charge in [0.25, 0.3) is 0 Å². The van der Waals surface area contributed by atoms with Crippen LogP contribution in [0.4, 0.5) is 0 Å². The summed E-state index contributed by atoms with van der Waals surface area (Å²) in [6.45, 7) is -0.134. The minimum absolute atomic E-state index is 0.0990. The number of ether oxygens (including phenoxy) is 1. The molecule has 2 saturated heterocycles. The fourth-order valence-electron chi connectivity index (χ4n) is 4.22. The highest BCUT2D eigenvalue weighted by atomic mass is 16.5. The van der Waals surface area contributed by atoms with Crippen LogP contribution in [0, 0.1) is 17.8 Å². The molecule has 122 valence electrons. The first-order chi connectivity index (χ1) is 11.2. The van der Waals surface area contributed by atoms with Gasteiger partial charge in [-0.3, -0.25) is 9.69 Å². The molecule has 1 N–H and O–H groups in total. The molecule has 2 unspecified atom stereocenters. The van der Waals surface area contributed by atoms with Gasteiger partial charge in [0.05, 0.1) is 13.0 Å². The monoisotopic (exact) mass is 313 g/mol. The van der Waals surface area contributed by atoms with Gasteiger partial charge in [-0.15, -0.1) is 0 Å². The summed E-state index contributed by atoms with van der Waals surface area (Å²) in [4.78, 5) is 14.8. The van der Waals surface area contributed by atoms with Crippen molar-refractivity contribution in [2.75, 3.05) is 20.8 Å². The summed E-state index contributed by atoms with van der Waals surface area (Å²) in [5.74, 6) is 5.57. The molecule has 1 aromatic rings. The summed E-state index contributed by atoms with van der Waals surface area (Å²) in [7, 11) is 3.61. The van der Waals surface area contributed by atoms with E-state index in [1.165, 1.54) is 12.7 Å². The maximum absolute atomic E-state index is 12.4. The average molecular weight is 313 g/mol. The molecule has 0 aromatic heterocycles. The lowest BCUT2D eigenvalue weighted by atomic mass is 9.76. The Morgan fingerprint density at radius 3 is 2.74 bits per heavy atom. The van der Waals surface area contributed by atoms with Crippen LogP contribution in [-0.2, 0) is 9.53 Å². The molecule has 4 atom stereocenters. The number of fused-ring (bicyclic) bond motifs is 2. The molecule has 2 aliphatic heterocycles. The van der Waals surface area contributed by atoms with Crippen molar-refractivity contribution in [2.45, 2.75) is 37.3 Å². The summed E-state index contributed by atoms with van der Waals surface area (Å²) in [6, 6.07) is 8.89. The number of carbonyl (C=O) groups is 1. The molecule has 0 aliphatic carbocycles. The van der Waals surface area contributed by atoms with Crippen LogP contribution in [0.2, 0.25) is 0 Å². The van der Waals surface area contributed by atoms with Crippen molar-refractivity contribution in [1.82, 2.24) is 4.90 Å². The second-order valence-corrected chi connectivity index (χ2v) is 6.44. The number of aliphatic hydroxyl groups excluding tert-OH is 1. The SMILES string of the molecule is COC(=O)C1C2CC[C@H](C[C@@H]1c1ccc(C#CCO)cc1)N2C. The molecule has 0 amide bonds. The van der Waals surface area contributed by atoms with Crippen molar-refractivity contribution >= 4 is 5.97 Å². The summed E-state index contributed by atoms with van der Waals surface area (Å²) < 4.78 is 5.10. The van der Waals surface area contributed by atoms with Crippen LogP contribution in [0.1, 0.15) is 36.3 Å². The van der Waals surface area contributed by atoms with E-state index in [4.69, 9.17) is 9.84 Å². The molecule has 2 heterocycles. The second-order valence-electron chi connectivity index (χ2n) is 6.44. The third kappa shape index (κ3) is 2.99. The van der Waals surface area contributed by atoms with Crippen molar-refractivity contribution in [3.05, 3.63) is 35.4 Å². The summed E-state index contributed by atoms with van der Waals surface area (Å²) >= 11 is 0. The second kappa shape index (κ2) is 6.74. The molecule has 1 aromatic carbocycles. The van der Waals surface area contributed by atoms with Gasteiger partial charge in [-0.1, -0.05) is 24.0 Å². The van der Waals surface area contributed by atoms with Gasteiger partial charge in [0.1, 0.15) is 6.61 Å². The van der Waals surface area contributed by atoms with Crippen molar-refractivity contribution < 1.29 is 14.6 Å². The molecule has 3 rings (SSSR count). The zero-order valence-electron chi connectivity index (χ0n) is 13.7. The normalized spacial score (nSPS) is 29.7. The Bertz CT molecular complexity index is 628. The highest BCUT2D eigenvalue weighted by Gasteiger charge is 2.49. The van der Waals surface area contributed by atoms with E-state index in [9.17, 15) is 4.79 Å². The standard InChI is InChI=1S/C19H23NO3/c1-20-15-9-10-17(20)18(19(22)23-2)16(12-15)14-7-5-13(6-8-14)4-3-11-21/h5-8,15-18,21H,9-12H2,1-2H3/t15-,16-,17?,18?/m1/s1. The quantitative estimate of drug-likeness (QED) is 0.668. The van der Waals surface area contributed by atoms with E-state index in [0.717, 1.165) is 24.8 Å². The van der Waals surface area contributed by atoms with Gasteiger partial charge >= 0.3 is 5.97 Å². The molecule has 0 spiro atoms. The van der Waals surface area contributed by atoms with Crippen LogP contribution >= 0.6 is 0 Å². The molecule has 4 nitrogen and oxygen atoms in total. The number of methoxy groups -OCH3 is 1. The van der Waals surface area contributed by atoms with Crippen LogP contribution in [0.5, 0.6) is 0 Å². The molecule has 2 bridgehead atoms. The number of aliphatic hydroxyl groups is 1. The third-order valence-corrected chi connectivity index (χ3v) is 5.39.